The Hall–Kier alpha value is -1.71. The molecule has 3 rings (SSSR count). The van der Waals surface area contributed by atoms with E-state index in [0.29, 0.717) is 18.4 Å². The first-order valence-corrected chi connectivity index (χ1v) is 7.27. The Morgan fingerprint density at radius 1 is 1.10 bits per heavy atom. The van der Waals surface area contributed by atoms with Gasteiger partial charge in [0.15, 0.2) is 23.8 Å². The molecule has 2 aliphatic rings. The highest BCUT2D eigenvalue weighted by atomic mass is 16.5. The Balaban J connectivity index is 1.90. The van der Waals surface area contributed by atoms with E-state index in [1.165, 1.54) is 16.7 Å². The molecule has 0 amide bonds. The zero-order chi connectivity index (χ0) is 14.1. The van der Waals surface area contributed by atoms with Gasteiger partial charge in [0.05, 0.1) is 26.1 Å². The molecule has 0 radical (unpaired) electrons. The fraction of sp³-hybridized carbons (Fsp3) is 0.562. The third-order valence-corrected chi connectivity index (χ3v) is 4.63. The first-order valence-electron chi connectivity index (χ1n) is 7.27. The minimum Gasteiger partial charge on any atom is -0.624 e. The lowest BCUT2D eigenvalue weighted by Crippen LogP contribution is -2.22. The van der Waals surface area contributed by atoms with Gasteiger partial charge in [0.25, 0.3) is 0 Å². The normalized spacial score (nSPS) is 25.5. The molecule has 2 unspecified atom stereocenters. The van der Waals surface area contributed by atoms with E-state index in [1.807, 2.05) is 12.1 Å². The number of rotatable bonds is 3. The van der Waals surface area contributed by atoms with Crippen LogP contribution in [0.5, 0.6) is 11.5 Å². The molecule has 0 spiro atoms. The molecular weight excluding hydrogens is 254 g/mol. The highest BCUT2D eigenvalue weighted by Gasteiger charge is 2.41. The van der Waals surface area contributed by atoms with E-state index in [1.54, 1.807) is 14.2 Å². The Kier molecular flexibility index (Phi) is 3.55. The summed E-state index contributed by atoms with van der Waals surface area (Å²) in [6.07, 6.45) is 4.49. The zero-order valence-electron chi connectivity index (χ0n) is 12.1. The van der Waals surface area contributed by atoms with Crippen LogP contribution in [0.2, 0.25) is 0 Å². The quantitative estimate of drug-likeness (QED) is 0.629. The van der Waals surface area contributed by atoms with Gasteiger partial charge in [0.1, 0.15) is 0 Å². The second-order valence-corrected chi connectivity index (χ2v) is 5.63. The summed E-state index contributed by atoms with van der Waals surface area (Å²) in [6.45, 7) is 0.579. The van der Waals surface area contributed by atoms with Crippen molar-refractivity contribution in [2.75, 3.05) is 20.8 Å². The van der Waals surface area contributed by atoms with Crippen molar-refractivity contribution in [2.45, 2.75) is 31.6 Å². The molecule has 108 valence electrons. The summed E-state index contributed by atoms with van der Waals surface area (Å²) in [5.41, 5.74) is 2.29. The van der Waals surface area contributed by atoms with E-state index >= 15 is 0 Å². The molecule has 1 saturated carbocycles. The maximum atomic E-state index is 12.1. The third kappa shape index (κ3) is 2.13. The lowest BCUT2D eigenvalue weighted by molar-refractivity contribution is -0.452. The predicted molar refractivity (Wildman–Crippen MR) is 77.7 cm³/mol. The number of hydroxylamine groups is 1. The fourth-order valence-corrected chi connectivity index (χ4v) is 3.61. The molecule has 1 aromatic carbocycles. The Morgan fingerprint density at radius 2 is 1.90 bits per heavy atom. The van der Waals surface area contributed by atoms with Crippen molar-refractivity contribution in [3.63, 3.8) is 0 Å². The Labute approximate surface area is 119 Å². The Bertz CT molecular complexity index is 539. The minimum absolute atomic E-state index is 0.294. The van der Waals surface area contributed by atoms with Crippen LogP contribution in [0.25, 0.3) is 0 Å². The van der Waals surface area contributed by atoms with Gasteiger partial charge in [0, 0.05) is 6.42 Å². The monoisotopic (exact) mass is 275 g/mol. The summed E-state index contributed by atoms with van der Waals surface area (Å²) in [4.78, 5) is 0. The first-order chi connectivity index (χ1) is 9.74. The van der Waals surface area contributed by atoms with E-state index in [0.717, 1.165) is 36.5 Å². The summed E-state index contributed by atoms with van der Waals surface area (Å²) < 4.78 is 11.9. The molecule has 20 heavy (non-hydrogen) atoms. The topological polar surface area (TPSA) is 44.5 Å². The van der Waals surface area contributed by atoms with Crippen LogP contribution >= 0.6 is 0 Å². The van der Waals surface area contributed by atoms with Gasteiger partial charge in [-0.15, -0.1) is 0 Å². The second-order valence-electron chi connectivity index (χ2n) is 5.63. The number of fused-ring (bicyclic) bond motifs is 1. The van der Waals surface area contributed by atoms with Crippen LogP contribution in [0.15, 0.2) is 18.2 Å². The van der Waals surface area contributed by atoms with Gasteiger partial charge in [-0.1, -0.05) is 12.5 Å². The summed E-state index contributed by atoms with van der Waals surface area (Å²) in [5.74, 6) is 2.19. The number of ether oxygens (including phenoxy) is 2. The first kappa shape index (κ1) is 13.3. The molecule has 1 aromatic rings. The van der Waals surface area contributed by atoms with Crippen molar-refractivity contribution in [1.82, 2.24) is 0 Å². The van der Waals surface area contributed by atoms with Gasteiger partial charge >= 0.3 is 0 Å². The summed E-state index contributed by atoms with van der Waals surface area (Å²) >= 11 is 0. The number of hydrogen-bond acceptors (Lipinski definition) is 3. The van der Waals surface area contributed by atoms with Gasteiger partial charge in [-0.25, -0.2) is 4.74 Å². The summed E-state index contributed by atoms with van der Waals surface area (Å²) in [5, 5.41) is 12.1. The standard InChI is InChI=1S/C16H21NO3/c1-19-15-8-7-11(9-16(15)20-2)13-10-17(18)14-6-4-3-5-12(13)14/h7-9,12-13H,3-6,10H2,1-2H3. The lowest BCUT2D eigenvalue weighted by atomic mass is 9.78. The van der Waals surface area contributed by atoms with Crippen LogP contribution in [-0.4, -0.2) is 31.2 Å². The molecule has 0 aromatic heterocycles. The van der Waals surface area contributed by atoms with Crippen LogP contribution in [0.3, 0.4) is 0 Å². The predicted octanol–water partition coefficient (Wildman–Crippen LogP) is 2.94. The van der Waals surface area contributed by atoms with Gasteiger partial charge in [-0.2, -0.15) is 0 Å². The zero-order valence-corrected chi connectivity index (χ0v) is 12.1. The molecular formula is C16H21NO3. The average Bonchev–Trinajstić information content (AvgIpc) is 2.84. The molecule has 0 saturated heterocycles. The van der Waals surface area contributed by atoms with Crippen LogP contribution in [0.1, 0.15) is 37.2 Å². The van der Waals surface area contributed by atoms with E-state index < -0.39 is 0 Å². The van der Waals surface area contributed by atoms with Crippen molar-refractivity contribution in [3.05, 3.63) is 29.0 Å². The van der Waals surface area contributed by atoms with E-state index in [-0.39, 0.29) is 0 Å². The van der Waals surface area contributed by atoms with E-state index in [9.17, 15) is 5.21 Å². The van der Waals surface area contributed by atoms with E-state index in [4.69, 9.17) is 9.47 Å². The number of benzene rings is 1. The van der Waals surface area contributed by atoms with E-state index in [2.05, 4.69) is 6.07 Å². The number of hydrogen-bond donors (Lipinski definition) is 0. The number of nitrogens with zero attached hydrogens (tertiary/aromatic N) is 1. The van der Waals surface area contributed by atoms with Crippen LogP contribution in [0.4, 0.5) is 0 Å². The number of methoxy groups -OCH3 is 2. The maximum Gasteiger partial charge on any atom is 0.167 e. The second kappa shape index (κ2) is 5.35. The van der Waals surface area contributed by atoms with Gasteiger partial charge in [0.2, 0.25) is 0 Å². The molecule has 4 nitrogen and oxygen atoms in total. The van der Waals surface area contributed by atoms with Gasteiger partial charge < -0.3 is 14.7 Å². The van der Waals surface area contributed by atoms with Crippen LogP contribution in [-0.2, 0) is 0 Å². The van der Waals surface area contributed by atoms with Crippen molar-refractivity contribution >= 4 is 5.71 Å². The summed E-state index contributed by atoms with van der Waals surface area (Å²) in [6, 6.07) is 6.02. The largest absolute Gasteiger partial charge is 0.624 e. The highest BCUT2D eigenvalue weighted by molar-refractivity contribution is 5.85. The smallest absolute Gasteiger partial charge is 0.167 e. The molecule has 0 bridgehead atoms. The summed E-state index contributed by atoms with van der Waals surface area (Å²) in [7, 11) is 3.29. The van der Waals surface area contributed by atoms with Crippen molar-refractivity contribution in [3.8, 4) is 11.5 Å². The van der Waals surface area contributed by atoms with Crippen LogP contribution < -0.4 is 9.47 Å². The molecule has 4 heteroatoms. The molecule has 1 heterocycles. The maximum absolute atomic E-state index is 12.1. The van der Waals surface area contributed by atoms with Gasteiger partial charge in [-0.05, 0) is 30.5 Å². The van der Waals surface area contributed by atoms with Gasteiger partial charge in [-0.3, -0.25) is 0 Å². The fourth-order valence-electron chi connectivity index (χ4n) is 3.61. The molecule has 1 aliphatic heterocycles. The van der Waals surface area contributed by atoms with Crippen molar-refractivity contribution in [2.24, 2.45) is 5.92 Å². The molecule has 1 aliphatic carbocycles. The van der Waals surface area contributed by atoms with Crippen LogP contribution in [0, 0.1) is 11.1 Å². The Morgan fingerprint density at radius 3 is 2.65 bits per heavy atom. The third-order valence-electron chi connectivity index (χ3n) is 4.63. The molecule has 0 N–H and O–H groups in total. The van der Waals surface area contributed by atoms with Crippen molar-refractivity contribution < 1.29 is 14.2 Å². The highest BCUT2D eigenvalue weighted by Crippen LogP contribution is 2.41. The minimum atomic E-state index is 0.294. The molecule has 2 atom stereocenters. The lowest BCUT2D eigenvalue weighted by Gasteiger charge is -2.21. The SMILES string of the molecule is COc1ccc(C2C[N+]([O-])=C3CCCCC32)cc1OC. The van der Waals surface area contributed by atoms with Crippen molar-refractivity contribution in [1.29, 1.82) is 0 Å². The average molecular weight is 275 g/mol. The molecule has 1 fully saturated rings.